The largest absolute Gasteiger partial charge is 0.380 e. The topological polar surface area (TPSA) is 18.5 Å². The molecule has 0 heterocycles. The monoisotopic (exact) mass is 296 g/mol. The molecule has 2 nitrogen and oxygen atoms in total. The number of rotatable bonds is 6. The standard InChI is InChI=1S/C20H24O2/c1-3-21-14-20(15-22-4-2)18-11-7-5-9-16(18)13-17-10-6-8-12-19(17)20/h5-12H,3-4,13-15H2,1-2H3. The summed E-state index contributed by atoms with van der Waals surface area (Å²) in [7, 11) is 0. The Morgan fingerprint density at radius 2 is 1.23 bits per heavy atom. The van der Waals surface area contributed by atoms with Gasteiger partial charge in [-0.05, 0) is 42.5 Å². The maximum Gasteiger partial charge on any atom is 0.0675 e. The van der Waals surface area contributed by atoms with Gasteiger partial charge in [-0.3, -0.25) is 0 Å². The van der Waals surface area contributed by atoms with Crippen molar-refractivity contribution in [2.75, 3.05) is 26.4 Å². The van der Waals surface area contributed by atoms with Crippen LogP contribution in [0, 0.1) is 0 Å². The van der Waals surface area contributed by atoms with Crippen LogP contribution >= 0.6 is 0 Å². The molecule has 116 valence electrons. The number of ether oxygens (including phenoxy) is 2. The molecular weight excluding hydrogens is 272 g/mol. The fraction of sp³-hybridized carbons (Fsp3) is 0.400. The van der Waals surface area contributed by atoms with Crippen LogP contribution < -0.4 is 0 Å². The Hall–Kier alpha value is -1.64. The molecule has 2 aromatic rings. The van der Waals surface area contributed by atoms with Gasteiger partial charge < -0.3 is 9.47 Å². The first-order valence-electron chi connectivity index (χ1n) is 8.14. The van der Waals surface area contributed by atoms with Crippen LogP contribution in [0.25, 0.3) is 0 Å². The number of hydrogen-bond acceptors (Lipinski definition) is 2. The predicted octanol–water partition coefficient (Wildman–Crippen LogP) is 3.95. The second-order valence-corrected chi connectivity index (χ2v) is 5.85. The van der Waals surface area contributed by atoms with Crippen molar-refractivity contribution in [3.63, 3.8) is 0 Å². The van der Waals surface area contributed by atoms with Crippen LogP contribution in [0.5, 0.6) is 0 Å². The van der Waals surface area contributed by atoms with Crippen molar-refractivity contribution in [1.29, 1.82) is 0 Å². The molecule has 0 radical (unpaired) electrons. The van der Waals surface area contributed by atoms with Gasteiger partial charge in [0.05, 0.1) is 18.6 Å². The van der Waals surface area contributed by atoms with Crippen LogP contribution in [0.2, 0.25) is 0 Å². The van der Waals surface area contributed by atoms with E-state index >= 15 is 0 Å². The van der Waals surface area contributed by atoms with Gasteiger partial charge in [0, 0.05) is 13.2 Å². The van der Waals surface area contributed by atoms with E-state index < -0.39 is 0 Å². The summed E-state index contributed by atoms with van der Waals surface area (Å²) in [6, 6.07) is 17.4. The van der Waals surface area contributed by atoms with Crippen LogP contribution in [0.15, 0.2) is 48.5 Å². The second-order valence-electron chi connectivity index (χ2n) is 5.85. The first-order valence-corrected chi connectivity index (χ1v) is 8.14. The molecule has 0 saturated carbocycles. The average molecular weight is 296 g/mol. The minimum absolute atomic E-state index is 0.197. The Bertz CT molecular complexity index is 578. The highest BCUT2D eigenvalue weighted by Crippen LogP contribution is 2.42. The SMILES string of the molecule is CCOCC1(COCC)c2ccccc2Cc2ccccc21. The molecule has 0 unspecified atom stereocenters. The Labute approximate surface area is 133 Å². The molecule has 0 atom stereocenters. The van der Waals surface area contributed by atoms with Gasteiger partial charge in [-0.1, -0.05) is 48.5 Å². The van der Waals surface area contributed by atoms with Gasteiger partial charge in [0.15, 0.2) is 0 Å². The molecule has 0 spiro atoms. The summed E-state index contributed by atoms with van der Waals surface area (Å²) in [6.45, 7) is 6.87. The Morgan fingerprint density at radius 3 is 1.68 bits per heavy atom. The molecule has 0 bridgehead atoms. The Morgan fingerprint density at radius 1 is 0.773 bits per heavy atom. The summed E-state index contributed by atoms with van der Waals surface area (Å²) in [5.41, 5.74) is 5.30. The summed E-state index contributed by atoms with van der Waals surface area (Å²) >= 11 is 0. The maximum absolute atomic E-state index is 5.91. The molecule has 3 rings (SSSR count). The Balaban J connectivity index is 2.16. The van der Waals surface area contributed by atoms with Gasteiger partial charge in [0.2, 0.25) is 0 Å². The normalized spacial score (nSPS) is 15.2. The van der Waals surface area contributed by atoms with E-state index in [2.05, 4.69) is 62.4 Å². The van der Waals surface area contributed by atoms with Gasteiger partial charge in [-0.2, -0.15) is 0 Å². The van der Waals surface area contributed by atoms with Gasteiger partial charge in [-0.25, -0.2) is 0 Å². The molecule has 1 aliphatic rings. The van der Waals surface area contributed by atoms with Gasteiger partial charge >= 0.3 is 0 Å². The van der Waals surface area contributed by atoms with E-state index in [9.17, 15) is 0 Å². The van der Waals surface area contributed by atoms with Crippen LogP contribution in [0.3, 0.4) is 0 Å². The van der Waals surface area contributed by atoms with E-state index in [4.69, 9.17) is 9.47 Å². The minimum Gasteiger partial charge on any atom is -0.380 e. The lowest BCUT2D eigenvalue weighted by molar-refractivity contribution is 0.0419. The second kappa shape index (κ2) is 6.64. The third-order valence-electron chi connectivity index (χ3n) is 4.55. The van der Waals surface area contributed by atoms with Crippen molar-refractivity contribution in [3.05, 3.63) is 70.8 Å². The molecular formula is C20H24O2. The van der Waals surface area contributed by atoms with Crippen LogP contribution in [-0.4, -0.2) is 26.4 Å². The van der Waals surface area contributed by atoms with E-state index in [0.29, 0.717) is 13.2 Å². The highest BCUT2D eigenvalue weighted by atomic mass is 16.5. The quantitative estimate of drug-likeness (QED) is 0.803. The minimum atomic E-state index is -0.197. The number of benzene rings is 2. The average Bonchev–Trinajstić information content (AvgIpc) is 2.57. The fourth-order valence-corrected chi connectivity index (χ4v) is 3.54. The highest BCUT2D eigenvalue weighted by molar-refractivity contribution is 5.54. The lowest BCUT2D eigenvalue weighted by atomic mass is 9.67. The molecule has 2 heteroatoms. The molecule has 0 amide bonds. The van der Waals surface area contributed by atoms with Crippen molar-refractivity contribution in [2.24, 2.45) is 0 Å². The molecule has 0 saturated heterocycles. The third-order valence-corrected chi connectivity index (χ3v) is 4.55. The van der Waals surface area contributed by atoms with Gasteiger partial charge in [-0.15, -0.1) is 0 Å². The molecule has 2 aromatic carbocycles. The van der Waals surface area contributed by atoms with Crippen molar-refractivity contribution < 1.29 is 9.47 Å². The maximum atomic E-state index is 5.91. The van der Waals surface area contributed by atoms with Crippen molar-refractivity contribution >= 4 is 0 Å². The first-order chi connectivity index (χ1) is 10.8. The van der Waals surface area contributed by atoms with Crippen LogP contribution in [-0.2, 0) is 21.3 Å². The zero-order valence-electron chi connectivity index (χ0n) is 13.5. The zero-order valence-corrected chi connectivity index (χ0v) is 13.5. The van der Waals surface area contributed by atoms with E-state index in [1.54, 1.807) is 0 Å². The Kier molecular flexibility index (Phi) is 4.60. The summed E-state index contributed by atoms with van der Waals surface area (Å²) in [5.74, 6) is 0. The number of hydrogen-bond donors (Lipinski definition) is 0. The van der Waals surface area contributed by atoms with E-state index in [1.807, 2.05) is 0 Å². The van der Waals surface area contributed by atoms with E-state index in [1.165, 1.54) is 22.3 Å². The van der Waals surface area contributed by atoms with Crippen LogP contribution in [0.1, 0.15) is 36.1 Å². The summed E-state index contributed by atoms with van der Waals surface area (Å²) < 4.78 is 11.8. The van der Waals surface area contributed by atoms with Crippen molar-refractivity contribution in [1.82, 2.24) is 0 Å². The number of fused-ring (bicyclic) bond motifs is 2. The van der Waals surface area contributed by atoms with Crippen LogP contribution in [0.4, 0.5) is 0 Å². The molecule has 1 aliphatic carbocycles. The molecule has 0 aliphatic heterocycles. The summed E-state index contributed by atoms with van der Waals surface area (Å²) in [4.78, 5) is 0. The van der Waals surface area contributed by atoms with E-state index in [-0.39, 0.29) is 5.41 Å². The fourth-order valence-electron chi connectivity index (χ4n) is 3.54. The van der Waals surface area contributed by atoms with E-state index in [0.717, 1.165) is 19.6 Å². The predicted molar refractivity (Wildman–Crippen MR) is 89.5 cm³/mol. The summed E-state index contributed by atoms with van der Waals surface area (Å²) in [6.07, 6.45) is 0.992. The molecule has 0 aromatic heterocycles. The summed E-state index contributed by atoms with van der Waals surface area (Å²) in [5, 5.41) is 0. The van der Waals surface area contributed by atoms with Crippen molar-refractivity contribution in [2.45, 2.75) is 25.7 Å². The highest BCUT2D eigenvalue weighted by Gasteiger charge is 2.40. The third kappa shape index (κ3) is 2.57. The van der Waals surface area contributed by atoms with Gasteiger partial charge in [0.1, 0.15) is 0 Å². The lowest BCUT2D eigenvalue weighted by Crippen LogP contribution is -2.42. The first kappa shape index (κ1) is 15.3. The smallest absolute Gasteiger partial charge is 0.0675 e. The molecule has 0 fully saturated rings. The molecule has 22 heavy (non-hydrogen) atoms. The lowest BCUT2D eigenvalue weighted by Gasteiger charge is -2.40. The van der Waals surface area contributed by atoms with Gasteiger partial charge in [0.25, 0.3) is 0 Å². The van der Waals surface area contributed by atoms with Crippen molar-refractivity contribution in [3.8, 4) is 0 Å². The molecule has 0 N–H and O–H groups in total. The zero-order chi connectivity index (χ0) is 15.4.